The number of rotatable bonds is 6. The molecular weight excluding hydrogens is 260 g/mol. The Balaban J connectivity index is 1.64. The summed E-state index contributed by atoms with van der Waals surface area (Å²) in [6.45, 7) is 8.27. The standard InChI is InChI=1S/C15H23ClN2O/c1-13(14-4-2-5-15(16)12-14)17-6-3-7-18-8-10-19-11-9-18/h2,4-5,12-13,17H,3,6-11H2,1H3. The number of morpholine rings is 1. The number of hydrogen-bond acceptors (Lipinski definition) is 3. The zero-order valence-corrected chi connectivity index (χ0v) is 12.3. The van der Waals surface area contributed by atoms with Gasteiger partial charge >= 0.3 is 0 Å². The molecule has 0 aromatic heterocycles. The third-order valence-electron chi connectivity index (χ3n) is 3.55. The fraction of sp³-hybridized carbons (Fsp3) is 0.600. The van der Waals surface area contributed by atoms with Crippen molar-refractivity contribution in [1.29, 1.82) is 0 Å². The first-order chi connectivity index (χ1) is 9.25. The third-order valence-corrected chi connectivity index (χ3v) is 3.79. The Morgan fingerprint density at radius 3 is 2.89 bits per heavy atom. The fourth-order valence-electron chi connectivity index (χ4n) is 2.34. The lowest BCUT2D eigenvalue weighted by molar-refractivity contribution is 0.0374. The van der Waals surface area contributed by atoms with Gasteiger partial charge in [0.15, 0.2) is 0 Å². The summed E-state index contributed by atoms with van der Waals surface area (Å²) in [5.74, 6) is 0. The minimum atomic E-state index is 0.350. The molecule has 1 N–H and O–H groups in total. The lowest BCUT2D eigenvalue weighted by Crippen LogP contribution is -2.37. The summed E-state index contributed by atoms with van der Waals surface area (Å²) in [5.41, 5.74) is 1.25. The number of hydrogen-bond donors (Lipinski definition) is 1. The predicted molar refractivity (Wildman–Crippen MR) is 79.7 cm³/mol. The molecule has 1 aromatic carbocycles. The van der Waals surface area contributed by atoms with Gasteiger partial charge in [0.2, 0.25) is 0 Å². The van der Waals surface area contributed by atoms with E-state index < -0.39 is 0 Å². The molecule has 0 bridgehead atoms. The summed E-state index contributed by atoms with van der Waals surface area (Å²) in [6, 6.07) is 8.41. The molecule has 1 unspecified atom stereocenters. The van der Waals surface area contributed by atoms with E-state index in [1.54, 1.807) is 0 Å². The van der Waals surface area contributed by atoms with Crippen LogP contribution in [0, 0.1) is 0 Å². The first-order valence-electron chi connectivity index (χ1n) is 7.04. The summed E-state index contributed by atoms with van der Waals surface area (Å²) in [4.78, 5) is 2.47. The van der Waals surface area contributed by atoms with Gasteiger partial charge in [0.05, 0.1) is 13.2 Å². The average Bonchev–Trinajstić information content (AvgIpc) is 2.44. The maximum Gasteiger partial charge on any atom is 0.0594 e. The Bertz CT molecular complexity index is 380. The van der Waals surface area contributed by atoms with E-state index in [9.17, 15) is 0 Å². The van der Waals surface area contributed by atoms with Gasteiger partial charge < -0.3 is 10.1 Å². The van der Waals surface area contributed by atoms with Crippen LogP contribution in [0.4, 0.5) is 0 Å². The van der Waals surface area contributed by atoms with Gasteiger partial charge in [0.25, 0.3) is 0 Å². The van der Waals surface area contributed by atoms with E-state index in [-0.39, 0.29) is 0 Å². The normalized spacial score (nSPS) is 18.4. The minimum Gasteiger partial charge on any atom is -0.379 e. The van der Waals surface area contributed by atoms with Crippen molar-refractivity contribution in [3.8, 4) is 0 Å². The number of ether oxygens (including phenoxy) is 1. The van der Waals surface area contributed by atoms with Crippen LogP contribution >= 0.6 is 11.6 Å². The van der Waals surface area contributed by atoms with E-state index in [4.69, 9.17) is 16.3 Å². The molecule has 0 amide bonds. The molecule has 0 radical (unpaired) electrons. The fourth-order valence-corrected chi connectivity index (χ4v) is 2.54. The average molecular weight is 283 g/mol. The number of nitrogens with zero attached hydrogens (tertiary/aromatic N) is 1. The minimum absolute atomic E-state index is 0.350. The van der Waals surface area contributed by atoms with Crippen molar-refractivity contribution in [3.63, 3.8) is 0 Å². The van der Waals surface area contributed by atoms with Crippen LogP contribution in [0.5, 0.6) is 0 Å². The second kappa shape index (κ2) is 7.85. The molecule has 0 aliphatic carbocycles. The first-order valence-corrected chi connectivity index (χ1v) is 7.42. The van der Waals surface area contributed by atoms with Crippen LogP contribution in [0.25, 0.3) is 0 Å². The molecule has 4 heteroatoms. The highest BCUT2D eigenvalue weighted by Gasteiger charge is 2.10. The molecule has 1 aliphatic rings. The summed E-state index contributed by atoms with van der Waals surface area (Å²) in [6.07, 6.45) is 1.17. The Hall–Kier alpha value is -0.610. The van der Waals surface area contributed by atoms with Crippen molar-refractivity contribution >= 4 is 11.6 Å². The van der Waals surface area contributed by atoms with Crippen LogP contribution in [0.3, 0.4) is 0 Å². The number of halogens is 1. The summed E-state index contributed by atoms with van der Waals surface area (Å²) in [7, 11) is 0. The molecular formula is C15H23ClN2O. The van der Waals surface area contributed by atoms with Gasteiger partial charge in [-0.15, -0.1) is 0 Å². The van der Waals surface area contributed by atoms with Gasteiger partial charge in [-0.3, -0.25) is 4.90 Å². The lowest BCUT2D eigenvalue weighted by atomic mass is 10.1. The maximum atomic E-state index is 6.01. The maximum absolute atomic E-state index is 6.01. The van der Waals surface area contributed by atoms with Gasteiger partial charge in [-0.05, 0) is 44.1 Å². The van der Waals surface area contributed by atoms with Crippen LogP contribution in [0.1, 0.15) is 24.9 Å². The van der Waals surface area contributed by atoms with Gasteiger partial charge in [-0.25, -0.2) is 0 Å². The third kappa shape index (κ3) is 5.11. The molecule has 19 heavy (non-hydrogen) atoms. The van der Waals surface area contributed by atoms with Gasteiger partial charge in [-0.2, -0.15) is 0 Å². The lowest BCUT2D eigenvalue weighted by Gasteiger charge is -2.26. The Kier molecular flexibility index (Phi) is 6.11. The summed E-state index contributed by atoms with van der Waals surface area (Å²) >= 11 is 6.01. The highest BCUT2D eigenvalue weighted by Crippen LogP contribution is 2.17. The highest BCUT2D eigenvalue weighted by molar-refractivity contribution is 6.30. The molecule has 1 saturated heterocycles. The van der Waals surface area contributed by atoms with Crippen LogP contribution in [-0.4, -0.2) is 44.3 Å². The van der Waals surface area contributed by atoms with E-state index in [1.807, 2.05) is 18.2 Å². The van der Waals surface area contributed by atoms with Gasteiger partial charge in [0, 0.05) is 24.2 Å². The zero-order chi connectivity index (χ0) is 13.5. The molecule has 1 fully saturated rings. The van der Waals surface area contributed by atoms with E-state index >= 15 is 0 Å². The molecule has 1 atom stereocenters. The molecule has 1 aliphatic heterocycles. The molecule has 2 rings (SSSR count). The van der Waals surface area contributed by atoms with Crippen molar-refractivity contribution in [2.45, 2.75) is 19.4 Å². The molecule has 3 nitrogen and oxygen atoms in total. The van der Waals surface area contributed by atoms with Crippen LogP contribution in [-0.2, 0) is 4.74 Å². The second-order valence-electron chi connectivity index (χ2n) is 5.04. The monoisotopic (exact) mass is 282 g/mol. The van der Waals surface area contributed by atoms with Gasteiger partial charge in [-0.1, -0.05) is 23.7 Å². The molecule has 106 valence electrons. The van der Waals surface area contributed by atoms with Crippen molar-refractivity contribution < 1.29 is 4.74 Å². The molecule has 0 spiro atoms. The van der Waals surface area contributed by atoms with Crippen molar-refractivity contribution in [3.05, 3.63) is 34.9 Å². The molecule has 1 heterocycles. The Morgan fingerprint density at radius 2 is 2.16 bits per heavy atom. The van der Waals surface area contributed by atoms with Crippen LogP contribution < -0.4 is 5.32 Å². The Morgan fingerprint density at radius 1 is 1.37 bits per heavy atom. The number of benzene rings is 1. The molecule has 0 saturated carbocycles. The quantitative estimate of drug-likeness (QED) is 0.812. The summed E-state index contributed by atoms with van der Waals surface area (Å²) in [5, 5.41) is 4.35. The van der Waals surface area contributed by atoms with E-state index in [0.29, 0.717) is 6.04 Å². The van der Waals surface area contributed by atoms with E-state index in [0.717, 1.165) is 44.4 Å². The van der Waals surface area contributed by atoms with Crippen molar-refractivity contribution in [2.75, 3.05) is 39.4 Å². The largest absolute Gasteiger partial charge is 0.379 e. The van der Waals surface area contributed by atoms with E-state index in [2.05, 4.69) is 23.2 Å². The highest BCUT2D eigenvalue weighted by atomic mass is 35.5. The van der Waals surface area contributed by atoms with Gasteiger partial charge in [0.1, 0.15) is 0 Å². The first kappa shape index (κ1) is 14.8. The van der Waals surface area contributed by atoms with Crippen LogP contribution in [0.15, 0.2) is 24.3 Å². The molecule has 1 aromatic rings. The van der Waals surface area contributed by atoms with Crippen LogP contribution in [0.2, 0.25) is 5.02 Å². The Labute approximate surface area is 120 Å². The van der Waals surface area contributed by atoms with Crippen molar-refractivity contribution in [1.82, 2.24) is 10.2 Å². The number of nitrogens with one attached hydrogen (secondary N) is 1. The van der Waals surface area contributed by atoms with E-state index in [1.165, 1.54) is 12.0 Å². The summed E-state index contributed by atoms with van der Waals surface area (Å²) < 4.78 is 5.34. The smallest absolute Gasteiger partial charge is 0.0594 e. The zero-order valence-electron chi connectivity index (χ0n) is 11.6. The second-order valence-corrected chi connectivity index (χ2v) is 5.47. The SMILES string of the molecule is CC(NCCCN1CCOCC1)c1cccc(Cl)c1. The van der Waals surface area contributed by atoms with Crippen molar-refractivity contribution in [2.24, 2.45) is 0 Å². The topological polar surface area (TPSA) is 24.5 Å². The predicted octanol–water partition coefficient (Wildman–Crippen LogP) is 2.71.